The Labute approximate surface area is 151 Å². The Morgan fingerprint density at radius 2 is 1.56 bits per heavy atom. The number of hydrogen-bond acceptors (Lipinski definition) is 8. The Morgan fingerprint density at radius 1 is 0.963 bits per heavy atom. The first-order valence-electron chi connectivity index (χ1n) is 7.10. The number of carboxylic acid groups (broad SMARTS) is 2. The third-order valence-electron chi connectivity index (χ3n) is 3.10. The first kappa shape index (κ1) is 18.9. The number of aromatic carboxylic acids is 2. The van der Waals surface area contributed by atoms with Gasteiger partial charge in [-0.2, -0.15) is 5.26 Å². The summed E-state index contributed by atoms with van der Waals surface area (Å²) >= 11 is 0. The van der Waals surface area contributed by atoms with Gasteiger partial charge in [-0.05, 0) is 36.4 Å². The van der Waals surface area contributed by atoms with Crippen LogP contribution in [-0.2, 0) is 0 Å². The van der Waals surface area contributed by atoms with Crippen LogP contribution < -0.4 is 5.43 Å². The summed E-state index contributed by atoms with van der Waals surface area (Å²) in [6.07, 6.45) is 0. The van der Waals surface area contributed by atoms with Crippen LogP contribution in [0.15, 0.2) is 51.7 Å². The zero-order valence-corrected chi connectivity index (χ0v) is 13.4. The molecule has 5 N–H and O–H groups in total. The van der Waals surface area contributed by atoms with Gasteiger partial charge in [-0.3, -0.25) is 5.43 Å². The number of azo groups is 1. The number of nitrogens with one attached hydrogen (secondary N) is 1. The second-order valence-corrected chi connectivity index (χ2v) is 4.90. The van der Waals surface area contributed by atoms with E-state index in [2.05, 4.69) is 20.8 Å². The van der Waals surface area contributed by atoms with E-state index >= 15 is 0 Å². The molecule has 0 amide bonds. The number of hydrazone groups is 1. The molecule has 0 aliphatic rings. The number of nitrogens with zero attached hydrogens (tertiary/aromatic N) is 4. The highest BCUT2D eigenvalue weighted by molar-refractivity contribution is 5.97. The van der Waals surface area contributed by atoms with Gasteiger partial charge in [0.05, 0.1) is 16.8 Å². The maximum absolute atomic E-state index is 10.8. The molecule has 0 bridgehead atoms. The van der Waals surface area contributed by atoms with Crippen LogP contribution in [0.5, 0.6) is 11.5 Å². The average molecular weight is 369 g/mol. The Hall–Kier alpha value is -4.46. The van der Waals surface area contributed by atoms with Gasteiger partial charge in [0.25, 0.3) is 5.84 Å². The highest BCUT2D eigenvalue weighted by Gasteiger charge is 2.09. The molecule has 0 atom stereocenters. The average Bonchev–Trinajstić information content (AvgIpc) is 2.63. The molecule has 136 valence electrons. The van der Waals surface area contributed by atoms with Crippen LogP contribution in [0.4, 0.5) is 11.4 Å². The lowest BCUT2D eigenvalue weighted by Gasteiger charge is -2.04. The summed E-state index contributed by atoms with van der Waals surface area (Å²) in [4.78, 5) is 21.6. The van der Waals surface area contributed by atoms with Crippen molar-refractivity contribution in [1.82, 2.24) is 0 Å². The molecule has 0 saturated carbocycles. The van der Waals surface area contributed by atoms with Crippen LogP contribution in [0, 0.1) is 11.3 Å². The SMILES string of the molecule is N#CC(/N=N/c1ccc(C(=O)O)cc1O)=N\Nc1ccc(C(=O)O)cc1O. The summed E-state index contributed by atoms with van der Waals surface area (Å²) in [5, 5.41) is 56.8. The van der Waals surface area contributed by atoms with E-state index in [-0.39, 0.29) is 22.5 Å². The molecule has 2 rings (SSSR count). The Bertz CT molecular complexity index is 1010. The lowest BCUT2D eigenvalue weighted by Crippen LogP contribution is -1.99. The van der Waals surface area contributed by atoms with Gasteiger partial charge in [0.15, 0.2) is 0 Å². The smallest absolute Gasteiger partial charge is 0.335 e. The molecule has 11 nitrogen and oxygen atoms in total. The zero-order chi connectivity index (χ0) is 20.0. The quantitative estimate of drug-likeness (QED) is 0.175. The van der Waals surface area contributed by atoms with Gasteiger partial charge in [0, 0.05) is 0 Å². The highest BCUT2D eigenvalue weighted by Crippen LogP contribution is 2.28. The summed E-state index contributed by atoms with van der Waals surface area (Å²) in [6.45, 7) is 0. The van der Waals surface area contributed by atoms with Crippen LogP contribution in [0.3, 0.4) is 0 Å². The van der Waals surface area contributed by atoms with E-state index in [1.165, 1.54) is 24.3 Å². The molecule has 0 aliphatic carbocycles. The van der Waals surface area contributed by atoms with Crippen molar-refractivity contribution < 1.29 is 30.0 Å². The number of hydrogen-bond donors (Lipinski definition) is 5. The second kappa shape index (κ2) is 8.08. The molecule has 11 heteroatoms. The van der Waals surface area contributed by atoms with E-state index in [1.807, 2.05) is 0 Å². The van der Waals surface area contributed by atoms with Crippen molar-refractivity contribution in [3.8, 4) is 17.6 Å². The first-order chi connectivity index (χ1) is 12.8. The molecule has 0 saturated heterocycles. The monoisotopic (exact) mass is 369 g/mol. The van der Waals surface area contributed by atoms with Crippen molar-refractivity contribution in [2.24, 2.45) is 15.3 Å². The van der Waals surface area contributed by atoms with Crippen LogP contribution in [0.1, 0.15) is 20.7 Å². The van der Waals surface area contributed by atoms with Gasteiger partial charge >= 0.3 is 11.9 Å². The second-order valence-electron chi connectivity index (χ2n) is 4.90. The fourth-order valence-corrected chi connectivity index (χ4v) is 1.78. The first-order valence-corrected chi connectivity index (χ1v) is 7.10. The van der Waals surface area contributed by atoms with Crippen molar-refractivity contribution in [1.29, 1.82) is 5.26 Å². The number of nitriles is 1. The topological polar surface area (TPSA) is 188 Å². The summed E-state index contributed by atoms with van der Waals surface area (Å²) in [6, 6.07) is 8.43. The fourth-order valence-electron chi connectivity index (χ4n) is 1.78. The van der Waals surface area contributed by atoms with Gasteiger partial charge in [0.2, 0.25) is 0 Å². The number of amidine groups is 1. The normalized spacial score (nSPS) is 11.1. The number of phenolic OH excluding ortho intramolecular Hbond substituents is 2. The van der Waals surface area contributed by atoms with E-state index in [9.17, 15) is 19.8 Å². The molecule has 0 spiro atoms. The predicted octanol–water partition coefficient (Wildman–Crippen LogP) is 2.53. The lowest BCUT2D eigenvalue weighted by atomic mass is 10.2. The van der Waals surface area contributed by atoms with Crippen molar-refractivity contribution in [2.45, 2.75) is 0 Å². The molecule has 0 heterocycles. The Morgan fingerprint density at radius 3 is 2.07 bits per heavy atom. The number of phenols is 2. The fraction of sp³-hybridized carbons (Fsp3) is 0. The van der Waals surface area contributed by atoms with E-state index in [0.717, 1.165) is 12.1 Å². The third-order valence-corrected chi connectivity index (χ3v) is 3.10. The standard InChI is InChI=1S/C16H11N5O6/c17-7-14(20-18-10-3-1-8(15(24)25)5-12(10)22)21-19-11-4-2-9(16(26)27)6-13(11)23/h1-6,18,22-23H,(H,24,25)(H,26,27)/b20-14+,21-19+. The predicted molar refractivity (Wildman–Crippen MR) is 91.3 cm³/mol. The Balaban J connectivity index is 2.18. The third kappa shape index (κ3) is 4.77. The molecule has 27 heavy (non-hydrogen) atoms. The van der Waals surface area contributed by atoms with E-state index in [0.29, 0.717) is 0 Å². The van der Waals surface area contributed by atoms with E-state index < -0.39 is 29.3 Å². The zero-order valence-electron chi connectivity index (χ0n) is 13.4. The molecule has 0 aromatic heterocycles. The van der Waals surface area contributed by atoms with Crippen LogP contribution in [0.2, 0.25) is 0 Å². The van der Waals surface area contributed by atoms with Crippen molar-refractivity contribution >= 4 is 29.1 Å². The maximum atomic E-state index is 10.8. The molecule has 2 aromatic carbocycles. The van der Waals surface area contributed by atoms with Gasteiger partial charge < -0.3 is 20.4 Å². The van der Waals surface area contributed by atoms with Crippen LogP contribution >= 0.6 is 0 Å². The minimum atomic E-state index is -1.23. The number of carbonyl (C=O) groups is 2. The number of anilines is 1. The van der Waals surface area contributed by atoms with Crippen LogP contribution in [0.25, 0.3) is 0 Å². The lowest BCUT2D eigenvalue weighted by molar-refractivity contribution is 0.0686. The molecule has 0 fully saturated rings. The van der Waals surface area contributed by atoms with Crippen LogP contribution in [-0.4, -0.2) is 38.2 Å². The van der Waals surface area contributed by atoms with Crippen molar-refractivity contribution in [3.05, 3.63) is 47.5 Å². The van der Waals surface area contributed by atoms with Crippen molar-refractivity contribution in [3.63, 3.8) is 0 Å². The van der Waals surface area contributed by atoms with E-state index in [1.54, 1.807) is 6.07 Å². The minimum absolute atomic E-state index is 0.0246. The summed E-state index contributed by atoms with van der Waals surface area (Å²) in [5.41, 5.74) is 1.98. The van der Waals surface area contributed by atoms with Crippen molar-refractivity contribution in [2.75, 3.05) is 5.43 Å². The van der Waals surface area contributed by atoms with Gasteiger partial charge in [-0.15, -0.1) is 15.3 Å². The molecular formula is C16H11N5O6. The van der Waals surface area contributed by atoms with Gasteiger partial charge in [-0.1, -0.05) is 0 Å². The summed E-state index contributed by atoms with van der Waals surface area (Å²) in [5.74, 6) is -3.79. The minimum Gasteiger partial charge on any atom is -0.506 e. The number of rotatable bonds is 5. The van der Waals surface area contributed by atoms with Gasteiger partial charge in [0.1, 0.15) is 23.3 Å². The van der Waals surface area contributed by atoms with Gasteiger partial charge in [-0.25, -0.2) is 9.59 Å². The molecule has 0 aliphatic heterocycles. The number of carboxylic acids is 2. The highest BCUT2D eigenvalue weighted by atomic mass is 16.4. The molecule has 0 radical (unpaired) electrons. The molecule has 0 unspecified atom stereocenters. The summed E-state index contributed by atoms with van der Waals surface area (Å²) < 4.78 is 0. The summed E-state index contributed by atoms with van der Waals surface area (Å²) in [7, 11) is 0. The number of benzene rings is 2. The molecular weight excluding hydrogens is 358 g/mol. The van der Waals surface area contributed by atoms with E-state index in [4.69, 9.17) is 15.5 Å². The number of aromatic hydroxyl groups is 2. The maximum Gasteiger partial charge on any atom is 0.335 e. The Kier molecular flexibility index (Phi) is 5.65. The molecule has 2 aromatic rings. The largest absolute Gasteiger partial charge is 0.506 e.